The highest BCUT2D eigenvalue weighted by Gasteiger charge is 2.60. The smallest absolute Gasteiger partial charge is 0.251 e. The minimum Gasteiger partial charge on any atom is -0.389 e. The summed E-state index contributed by atoms with van der Waals surface area (Å²) >= 11 is 0. The molecule has 6 nitrogen and oxygen atoms in total. The van der Waals surface area contributed by atoms with Crippen molar-refractivity contribution in [2.75, 3.05) is 31.9 Å². The van der Waals surface area contributed by atoms with Crippen LogP contribution in [0.3, 0.4) is 0 Å². The summed E-state index contributed by atoms with van der Waals surface area (Å²) in [6, 6.07) is 15.5. The highest BCUT2D eigenvalue weighted by atomic mass is 19.1. The maximum absolute atomic E-state index is 15.0. The van der Waals surface area contributed by atoms with Crippen LogP contribution in [0.4, 0.5) is 10.2 Å². The maximum atomic E-state index is 15.0. The number of carbonyl (C=O) groups excluding carboxylic acids is 1. The van der Waals surface area contributed by atoms with Crippen LogP contribution < -0.4 is 11.1 Å². The van der Waals surface area contributed by atoms with Crippen molar-refractivity contribution in [3.8, 4) is 22.3 Å². The predicted molar refractivity (Wildman–Crippen MR) is 138 cm³/mol. The number of pyridine rings is 1. The molecular formula is C29H31FN4O2. The van der Waals surface area contributed by atoms with E-state index in [-0.39, 0.29) is 17.1 Å². The van der Waals surface area contributed by atoms with Gasteiger partial charge in [-0.25, -0.2) is 4.98 Å². The Bertz CT molecular complexity index is 1360. The summed E-state index contributed by atoms with van der Waals surface area (Å²) in [6.45, 7) is 6.92. The number of nitrogen functional groups attached to an aromatic ring is 1. The van der Waals surface area contributed by atoms with Crippen molar-refractivity contribution in [1.29, 1.82) is 0 Å². The maximum Gasteiger partial charge on any atom is 0.251 e. The third-order valence-electron chi connectivity index (χ3n) is 7.94. The van der Waals surface area contributed by atoms with Gasteiger partial charge in [-0.3, -0.25) is 9.69 Å². The fourth-order valence-corrected chi connectivity index (χ4v) is 6.22. The molecule has 2 aliphatic heterocycles. The van der Waals surface area contributed by atoms with E-state index in [2.05, 4.69) is 27.3 Å². The number of anilines is 1. The van der Waals surface area contributed by atoms with Gasteiger partial charge < -0.3 is 16.2 Å². The van der Waals surface area contributed by atoms with E-state index >= 15 is 0 Å². The molecule has 1 aromatic heterocycles. The largest absolute Gasteiger partial charge is 0.389 e. The molecule has 2 fully saturated rings. The minimum atomic E-state index is -0.705. The Balaban J connectivity index is 1.28. The Morgan fingerprint density at radius 2 is 1.89 bits per heavy atom. The predicted octanol–water partition coefficient (Wildman–Crippen LogP) is 3.77. The van der Waals surface area contributed by atoms with Crippen LogP contribution >= 0.6 is 0 Å². The molecule has 4 N–H and O–H groups in total. The molecule has 1 aliphatic carbocycles. The normalized spacial score (nSPS) is 23.2. The van der Waals surface area contributed by atoms with Gasteiger partial charge in [-0.05, 0) is 67.0 Å². The van der Waals surface area contributed by atoms with Crippen LogP contribution in [-0.4, -0.2) is 52.7 Å². The number of β-amino-alcohol motifs (C(OH)–C–C–N with tert-alkyl or cyclic N) is 1. The zero-order valence-electron chi connectivity index (χ0n) is 20.6. The van der Waals surface area contributed by atoms with Crippen LogP contribution in [0.2, 0.25) is 0 Å². The number of carbonyl (C=O) groups is 1. The van der Waals surface area contributed by atoms with Crippen molar-refractivity contribution in [2.24, 2.45) is 5.92 Å². The van der Waals surface area contributed by atoms with Gasteiger partial charge >= 0.3 is 0 Å². The highest BCUT2D eigenvalue weighted by molar-refractivity contribution is 5.97. The van der Waals surface area contributed by atoms with Gasteiger partial charge in [0.25, 0.3) is 5.91 Å². The number of aromatic nitrogens is 1. The number of halogens is 1. The van der Waals surface area contributed by atoms with E-state index < -0.39 is 11.5 Å². The van der Waals surface area contributed by atoms with Gasteiger partial charge in [-0.1, -0.05) is 36.4 Å². The lowest BCUT2D eigenvalue weighted by molar-refractivity contribution is 0.0398. The van der Waals surface area contributed by atoms with Gasteiger partial charge in [0.2, 0.25) is 5.95 Å². The molecule has 6 rings (SSSR count). The van der Waals surface area contributed by atoms with E-state index in [0.29, 0.717) is 35.7 Å². The first-order valence-corrected chi connectivity index (χ1v) is 12.6. The van der Waals surface area contributed by atoms with E-state index in [1.54, 1.807) is 12.1 Å². The lowest BCUT2D eigenvalue weighted by atomic mass is 9.92. The van der Waals surface area contributed by atoms with E-state index in [1.165, 1.54) is 5.56 Å². The number of fused-ring (bicyclic) bond motifs is 2. The fraction of sp³-hybridized carbons (Fsp3) is 0.379. The molecule has 2 aromatic carbocycles. The van der Waals surface area contributed by atoms with Crippen molar-refractivity contribution < 1.29 is 14.3 Å². The number of benzene rings is 2. The van der Waals surface area contributed by atoms with Gasteiger partial charge in [-0.15, -0.1) is 0 Å². The molecule has 0 bridgehead atoms. The molecule has 0 unspecified atom stereocenters. The molecule has 1 saturated carbocycles. The number of hydrogen-bond acceptors (Lipinski definition) is 5. The van der Waals surface area contributed by atoms with Crippen molar-refractivity contribution in [3.63, 3.8) is 0 Å². The molecule has 2 atom stereocenters. The van der Waals surface area contributed by atoms with Gasteiger partial charge in [0.1, 0.15) is 5.82 Å². The van der Waals surface area contributed by atoms with Crippen molar-refractivity contribution in [2.45, 2.75) is 37.7 Å². The second-order valence-corrected chi connectivity index (χ2v) is 11.3. The van der Waals surface area contributed by atoms with Gasteiger partial charge in [0, 0.05) is 48.3 Å². The number of likely N-dealkylation sites (tertiary alicyclic amines) is 1. The monoisotopic (exact) mass is 486 g/mol. The topological polar surface area (TPSA) is 91.5 Å². The lowest BCUT2D eigenvalue weighted by Gasteiger charge is -2.27. The molecule has 3 heterocycles. The Morgan fingerprint density at radius 3 is 2.64 bits per heavy atom. The molecule has 0 spiro atoms. The summed E-state index contributed by atoms with van der Waals surface area (Å²) in [4.78, 5) is 18.5. The summed E-state index contributed by atoms with van der Waals surface area (Å²) in [7, 11) is 0. The van der Waals surface area contributed by atoms with Crippen molar-refractivity contribution >= 4 is 11.7 Å². The summed E-state index contributed by atoms with van der Waals surface area (Å²) in [6.07, 6.45) is 1.90. The van der Waals surface area contributed by atoms with Gasteiger partial charge in [0.05, 0.1) is 5.60 Å². The number of hydrogen-bond donors (Lipinski definition) is 3. The van der Waals surface area contributed by atoms with Gasteiger partial charge in [-0.2, -0.15) is 4.39 Å². The molecule has 3 aromatic rings. The van der Waals surface area contributed by atoms with Crippen LogP contribution in [0.25, 0.3) is 22.3 Å². The Hall–Kier alpha value is -3.29. The SMILES string of the molecule is CC(C)(O)CN1C[C@H]2C[C@@]2(c2ccc(-c3cc(-c4ccc5c(c4)CCNC5=O)c(N)nc3F)cc2)C1. The van der Waals surface area contributed by atoms with Crippen molar-refractivity contribution in [1.82, 2.24) is 15.2 Å². The number of nitrogens with one attached hydrogen (secondary N) is 1. The summed E-state index contributed by atoms with van der Waals surface area (Å²) < 4.78 is 15.0. The molecule has 0 radical (unpaired) electrons. The van der Waals surface area contributed by atoms with Gasteiger partial charge in [0.15, 0.2) is 0 Å². The quantitative estimate of drug-likeness (QED) is 0.478. The molecule has 1 saturated heterocycles. The summed E-state index contributed by atoms with van der Waals surface area (Å²) in [5, 5.41) is 13.1. The number of nitrogens with zero attached hydrogens (tertiary/aromatic N) is 2. The zero-order chi connectivity index (χ0) is 25.2. The van der Waals surface area contributed by atoms with Crippen LogP contribution in [0.1, 0.15) is 41.8 Å². The van der Waals surface area contributed by atoms with E-state index in [0.717, 1.165) is 42.6 Å². The lowest BCUT2D eigenvalue weighted by Crippen LogP contribution is -2.39. The first-order chi connectivity index (χ1) is 17.1. The average molecular weight is 487 g/mol. The first-order valence-electron chi connectivity index (χ1n) is 12.6. The molecule has 1 amide bonds. The third-order valence-corrected chi connectivity index (χ3v) is 7.94. The fourth-order valence-electron chi connectivity index (χ4n) is 6.22. The number of rotatable bonds is 5. The minimum absolute atomic E-state index is 0.0726. The third kappa shape index (κ3) is 3.96. The molecule has 36 heavy (non-hydrogen) atoms. The highest BCUT2D eigenvalue weighted by Crippen LogP contribution is 2.59. The van der Waals surface area contributed by atoms with E-state index in [1.807, 2.05) is 38.1 Å². The van der Waals surface area contributed by atoms with E-state index in [4.69, 9.17) is 5.73 Å². The summed E-state index contributed by atoms with van der Waals surface area (Å²) in [5.41, 5.74) is 11.1. The number of amides is 1. The standard InChI is InChI=1S/C29H31FN4O2/c1-28(2,36)15-34-14-21-13-29(21,16-34)20-6-3-17(4-7-20)23-12-24(26(31)33-25(23)30)18-5-8-22-19(11-18)9-10-32-27(22)35/h3-8,11-12,21,36H,9-10,13-16H2,1-2H3,(H2,31,33)(H,32,35)/t21-,29+/m1/s1. The van der Waals surface area contributed by atoms with Crippen LogP contribution in [0, 0.1) is 11.9 Å². The number of piperidine rings is 1. The Kier molecular flexibility index (Phi) is 5.21. The molecular weight excluding hydrogens is 455 g/mol. The van der Waals surface area contributed by atoms with Crippen LogP contribution in [0.5, 0.6) is 0 Å². The van der Waals surface area contributed by atoms with Crippen LogP contribution in [-0.2, 0) is 11.8 Å². The average Bonchev–Trinajstić information content (AvgIpc) is 3.39. The number of nitrogens with two attached hydrogens (primary N) is 1. The van der Waals surface area contributed by atoms with Crippen LogP contribution in [0.15, 0.2) is 48.5 Å². The second kappa shape index (κ2) is 8.11. The zero-order valence-corrected chi connectivity index (χ0v) is 20.6. The van der Waals surface area contributed by atoms with Crippen molar-refractivity contribution in [3.05, 3.63) is 71.2 Å². The molecule has 7 heteroatoms. The van der Waals surface area contributed by atoms with E-state index in [9.17, 15) is 14.3 Å². The Labute approximate surface area is 210 Å². The molecule has 3 aliphatic rings. The Morgan fingerprint density at radius 1 is 1.14 bits per heavy atom. The summed E-state index contributed by atoms with van der Waals surface area (Å²) in [5.74, 6) is 0.0709. The number of aliphatic hydroxyl groups is 1. The molecule has 186 valence electrons. The second-order valence-electron chi connectivity index (χ2n) is 11.3. The first kappa shape index (κ1) is 23.1.